The largest absolute Gasteiger partial charge is 0.353 e. The summed E-state index contributed by atoms with van der Waals surface area (Å²) in [6.07, 6.45) is 7.09. The third kappa shape index (κ3) is 2.66. The molecule has 3 fully saturated rings. The summed E-state index contributed by atoms with van der Waals surface area (Å²) in [5.41, 5.74) is 1.64. The standard InChI is InChI=1S/C24H30FNO2/c25-21-11-10-20-19-9-8-17-5-1-2-6-18(17)23(19,15-26)12-13-24(20,21)16-28-22-7-3-4-14-27-22/h1-2,5-6,19-22H,3-4,7-14,16H2/t19-,20-,21-,22?,23-,24+/m0/s1. The maximum absolute atomic E-state index is 15.3. The zero-order valence-electron chi connectivity index (χ0n) is 16.5. The van der Waals surface area contributed by atoms with Crippen molar-refractivity contribution in [2.24, 2.45) is 17.3 Å². The number of fused-ring (bicyclic) bond motifs is 5. The Morgan fingerprint density at radius 2 is 2.00 bits per heavy atom. The zero-order chi connectivity index (χ0) is 19.2. The van der Waals surface area contributed by atoms with Crippen LogP contribution in [0.3, 0.4) is 0 Å². The molecule has 6 atom stereocenters. The van der Waals surface area contributed by atoms with Gasteiger partial charge in [0.15, 0.2) is 6.29 Å². The zero-order valence-corrected chi connectivity index (χ0v) is 16.5. The number of hydrogen-bond donors (Lipinski definition) is 0. The highest BCUT2D eigenvalue weighted by Gasteiger charge is 2.63. The van der Waals surface area contributed by atoms with Crippen LogP contribution in [0, 0.1) is 28.6 Å². The van der Waals surface area contributed by atoms with Gasteiger partial charge >= 0.3 is 0 Å². The number of nitriles is 1. The molecule has 4 heteroatoms. The lowest BCUT2D eigenvalue weighted by Gasteiger charge is -2.54. The van der Waals surface area contributed by atoms with Gasteiger partial charge in [0.2, 0.25) is 0 Å². The van der Waals surface area contributed by atoms with Gasteiger partial charge in [-0.25, -0.2) is 4.39 Å². The smallest absolute Gasteiger partial charge is 0.157 e. The monoisotopic (exact) mass is 383 g/mol. The van der Waals surface area contributed by atoms with Crippen molar-refractivity contribution in [3.63, 3.8) is 0 Å². The molecule has 150 valence electrons. The summed E-state index contributed by atoms with van der Waals surface area (Å²) >= 11 is 0. The molecule has 4 aliphatic rings. The molecule has 1 unspecified atom stereocenters. The highest BCUT2D eigenvalue weighted by molar-refractivity contribution is 5.44. The lowest BCUT2D eigenvalue weighted by molar-refractivity contribution is -0.197. The number of hydrogen-bond acceptors (Lipinski definition) is 3. The van der Waals surface area contributed by atoms with Gasteiger partial charge in [0.1, 0.15) is 6.17 Å². The summed E-state index contributed by atoms with van der Waals surface area (Å²) in [6.45, 7) is 1.19. The van der Waals surface area contributed by atoms with E-state index in [1.165, 1.54) is 11.1 Å². The number of nitrogens with zero attached hydrogens (tertiary/aromatic N) is 1. The third-order valence-electron chi connectivity index (χ3n) is 8.29. The Bertz CT molecular complexity index is 770. The second-order valence-electron chi connectivity index (χ2n) is 9.38. The summed E-state index contributed by atoms with van der Waals surface area (Å²) in [5.74, 6) is 0.464. The summed E-state index contributed by atoms with van der Waals surface area (Å²) in [5, 5.41) is 10.3. The fourth-order valence-electron chi connectivity index (χ4n) is 6.86. The molecule has 0 radical (unpaired) electrons. The van der Waals surface area contributed by atoms with Gasteiger partial charge in [0.05, 0.1) is 18.1 Å². The lowest BCUT2D eigenvalue weighted by Crippen LogP contribution is -2.55. The van der Waals surface area contributed by atoms with E-state index in [2.05, 4.69) is 30.3 Å². The average molecular weight is 384 g/mol. The van der Waals surface area contributed by atoms with Crippen molar-refractivity contribution in [1.82, 2.24) is 0 Å². The predicted molar refractivity (Wildman–Crippen MR) is 104 cm³/mol. The Morgan fingerprint density at radius 1 is 1.11 bits per heavy atom. The highest BCUT2D eigenvalue weighted by Crippen LogP contribution is 2.64. The lowest BCUT2D eigenvalue weighted by atomic mass is 9.48. The van der Waals surface area contributed by atoms with Crippen LogP contribution in [0.4, 0.5) is 4.39 Å². The molecule has 0 amide bonds. The van der Waals surface area contributed by atoms with E-state index < -0.39 is 17.0 Å². The molecule has 28 heavy (non-hydrogen) atoms. The molecule has 3 nitrogen and oxygen atoms in total. The number of ether oxygens (including phenoxy) is 2. The van der Waals surface area contributed by atoms with E-state index in [0.29, 0.717) is 13.0 Å². The highest BCUT2D eigenvalue weighted by atomic mass is 19.1. The molecule has 1 aromatic carbocycles. The molecule has 1 saturated heterocycles. The van der Waals surface area contributed by atoms with Crippen LogP contribution in [0.15, 0.2) is 24.3 Å². The minimum Gasteiger partial charge on any atom is -0.353 e. The summed E-state index contributed by atoms with van der Waals surface area (Å²) in [7, 11) is 0. The van der Waals surface area contributed by atoms with Gasteiger partial charge in [-0.2, -0.15) is 5.26 Å². The minimum atomic E-state index is -0.824. The molecular weight excluding hydrogens is 353 g/mol. The van der Waals surface area contributed by atoms with Crippen LogP contribution in [0.2, 0.25) is 0 Å². The second kappa shape index (κ2) is 7.11. The number of rotatable bonds is 3. The molecule has 3 aliphatic carbocycles. The number of alkyl halides is 1. The van der Waals surface area contributed by atoms with Crippen LogP contribution in [-0.4, -0.2) is 25.7 Å². The summed E-state index contributed by atoms with van der Waals surface area (Å²) in [4.78, 5) is 0. The fourth-order valence-corrected chi connectivity index (χ4v) is 6.86. The normalized spacial score (nSPS) is 42.1. The van der Waals surface area contributed by atoms with Crippen LogP contribution in [0.1, 0.15) is 62.5 Å². The van der Waals surface area contributed by atoms with Crippen molar-refractivity contribution in [3.05, 3.63) is 35.4 Å². The first-order valence-corrected chi connectivity index (χ1v) is 11.1. The maximum atomic E-state index is 15.3. The topological polar surface area (TPSA) is 42.2 Å². The quantitative estimate of drug-likeness (QED) is 0.731. The molecule has 1 aliphatic heterocycles. The van der Waals surface area contributed by atoms with Crippen molar-refractivity contribution in [2.75, 3.05) is 13.2 Å². The first-order valence-electron chi connectivity index (χ1n) is 11.1. The van der Waals surface area contributed by atoms with E-state index in [1.807, 2.05) is 0 Å². The Labute approximate surface area is 167 Å². The van der Waals surface area contributed by atoms with Gasteiger partial charge in [0.25, 0.3) is 0 Å². The van der Waals surface area contributed by atoms with Crippen LogP contribution < -0.4 is 0 Å². The summed E-state index contributed by atoms with van der Waals surface area (Å²) in [6, 6.07) is 11.2. The molecule has 0 spiro atoms. The number of halogens is 1. The van der Waals surface area contributed by atoms with Crippen molar-refractivity contribution in [1.29, 1.82) is 5.26 Å². The van der Waals surface area contributed by atoms with E-state index in [-0.39, 0.29) is 18.1 Å². The molecule has 0 bridgehead atoms. The third-order valence-corrected chi connectivity index (χ3v) is 8.29. The van der Waals surface area contributed by atoms with Gasteiger partial charge in [-0.3, -0.25) is 0 Å². The van der Waals surface area contributed by atoms with Gasteiger partial charge in [-0.15, -0.1) is 0 Å². The van der Waals surface area contributed by atoms with Crippen molar-refractivity contribution >= 4 is 0 Å². The Kier molecular flexibility index (Phi) is 4.72. The maximum Gasteiger partial charge on any atom is 0.157 e. The van der Waals surface area contributed by atoms with Gasteiger partial charge in [-0.05, 0) is 80.8 Å². The molecule has 5 rings (SSSR count). The predicted octanol–water partition coefficient (Wildman–Crippen LogP) is 5.08. The SMILES string of the molecule is N#C[C@]12CC[C@]3(COC4CCCCO4)[C@@H](F)CC[C@H]3[C@@H]1CCc1ccccc12. The second-order valence-corrected chi connectivity index (χ2v) is 9.38. The van der Waals surface area contributed by atoms with E-state index in [4.69, 9.17) is 9.47 Å². The van der Waals surface area contributed by atoms with Crippen molar-refractivity contribution < 1.29 is 13.9 Å². The van der Waals surface area contributed by atoms with E-state index in [9.17, 15) is 5.26 Å². The van der Waals surface area contributed by atoms with Gasteiger partial charge < -0.3 is 9.47 Å². The number of aryl methyl sites for hydroxylation is 1. The molecule has 1 aromatic rings. The Morgan fingerprint density at radius 3 is 2.82 bits per heavy atom. The Balaban J connectivity index is 1.45. The van der Waals surface area contributed by atoms with Crippen molar-refractivity contribution in [3.8, 4) is 6.07 Å². The number of benzene rings is 1. The van der Waals surface area contributed by atoms with Gasteiger partial charge in [0, 0.05) is 12.0 Å². The molecule has 1 heterocycles. The first kappa shape index (κ1) is 18.6. The molecule has 0 N–H and O–H groups in total. The van der Waals surface area contributed by atoms with Crippen LogP contribution in [0.5, 0.6) is 0 Å². The van der Waals surface area contributed by atoms with E-state index >= 15 is 4.39 Å². The fraction of sp³-hybridized carbons (Fsp3) is 0.708. The van der Waals surface area contributed by atoms with Crippen LogP contribution in [0.25, 0.3) is 0 Å². The van der Waals surface area contributed by atoms with Crippen molar-refractivity contribution in [2.45, 2.75) is 75.7 Å². The Hall–Kier alpha value is -1.44. The summed E-state index contributed by atoms with van der Waals surface area (Å²) < 4.78 is 27.3. The molecule has 0 aromatic heterocycles. The van der Waals surface area contributed by atoms with Crippen LogP contribution in [-0.2, 0) is 21.3 Å². The minimum absolute atomic E-state index is 0.175. The average Bonchev–Trinajstić information content (AvgIpc) is 3.09. The van der Waals surface area contributed by atoms with Crippen LogP contribution >= 0.6 is 0 Å². The molecular formula is C24H30FNO2. The van der Waals surface area contributed by atoms with E-state index in [1.54, 1.807) is 0 Å². The molecule has 2 saturated carbocycles. The van der Waals surface area contributed by atoms with Gasteiger partial charge in [-0.1, -0.05) is 24.3 Å². The van der Waals surface area contributed by atoms with E-state index in [0.717, 1.165) is 58.0 Å². The first-order chi connectivity index (χ1) is 13.7.